The van der Waals surface area contributed by atoms with Gasteiger partial charge >= 0.3 is 0 Å². The van der Waals surface area contributed by atoms with Gasteiger partial charge in [0.05, 0.1) is 62.9 Å². The van der Waals surface area contributed by atoms with Crippen LogP contribution in [0.5, 0.6) is 23.0 Å². The summed E-state index contributed by atoms with van der Waals surface area (Å²) in [6.45, 7) is 23.2. The highest BCUT2D eigenvalue weighted by Gasteiger charge is 2.44. The van der Waals surface area contributed by atoms with Crippen LogP contribution in [0.2, 0.25) is 26.2 Å². The number of amides is 2. The lowest BCUT2D eigenvalue weighted by atomic mass is 9.83. The van der Waals surface area contributed by atoms with Crippen molar-refractivity contribution >= 4 is 53.4 Å². The zero-order chi connectivity index (χ0) is 45.1. The van der Waals surface area contributed by atoms with Gasteiger partial charge in [-0.05, 0) is 94.1 Å². The van der Waals surface area contributed by atoms with E-state index in [4.69, 9.17) is 27.8 Å². The molecule has 2 saturated heterocycles. The quantitative estimate of drug-likeness (QED) is 0.0549. The number of ether oxygens (including phenoxy) is 4. The number of rotatable bonds is 20. The van der Waals surface area contributed by atoms with Crippen molar-refractivity contribution in [3.63, 3.8) is 0 Å². The molecule has 0 N–H and O–H groups in total. The second-order valence-corrected chi connectivity index (χ2v) is 23.3. The average molecular weight is 881 g/mol. The van der Waals surface area contributed by atoms with Crippen molar-refractivity contribution in [3.05, 3.63) is 35.4 Å². The number of carbonyl (C=O) groups excluding carboxylic acids is 4. The van der Waals surface area contributed by atoms with Gasteiger partial charge in [0.2, 0.25) is 12.2 Å². The maximum absolute atomic E-state index is 14.1. The van der Waals surface area contributed by atoms with Crippen molar-refractivity contribution < 1.29 is 47.0 Å². The van der Waals surface area contributed by atoms with Gasteiger partial charge in [-0.3, -0.25) is 9.59 Å². The number of aliphatic imine (C=N–C) groups is 2. The van der Waals surface area contributed by atoms with E-state index in [1.807, 2.05) is 9.80 Å². The molecule has 2 amide bonds. The highest BCUT2D eigenvalue weighted by molar-refractivity contribution is 6.48. The fourth-order valence-electron chi connectivity index (χ4n) is 8.38. The van der Waals surface area contributed by atoms with Gasteiger partial charge < -0.3 is 37.6 Å². The Kier molecular flexibility index (Phi) is 17.9. The molecule has 14 nitrogen and oxygen atoms in total. The second-order valence-electron chi connectivity index (χ2n) is 18.6. The first kappa shape index (κ1) is 49.4. The van der Waals surface area contributed by atoms with Gasteiger partial charge in [0.25, 0.3) is 11.8 Å². The molecule has 0 spiro atoms. The molecular formula is C45H68N4O10Si2. The summed E-state index contributed by atoms with van der Waals surface area (Å²) in [5.41, 5.74) is 0.631. The van der Waals surface area contributed by atoms with E-state index >= 15 is 0 Å². The molecule has 0 aromatic heterocycles. The minimum absolute atomic E-state index is 0.0918. The van der Waals surface area contributed by atoms with Crippen molar-refractivity contribution in [1.29, 1.82) is 0 Å². The van der Waals surface area contributed by atoms with Gasteiger partial charge in [-0.15, -0.1) is 0 Å². The smallest absolute Gasteiger partial charge is 0.258 e. The summed E-state index contributed by atoms with van der Waals surface area (Å²) in [5.74, 6) is 0.829. The third kappa shape index (κ3) is 12.9. The first-order chi connectivity index (χ1) is 28.9. The maximum atomic E-state index is 14.1. The zero-order valence-electron chi connectivity index (χ0n) is 38.4. The minimum atomic E-state index is -1.40. The standard InChI is InChI=1S/C45H68N4O10Si2/c1-44(2,3)40(58-60(9)10)34-18-16-20-48(34)42(52)30-24-32(46-28-50)38(26-36(30)54-7)56-22-14-13-15-23-57-39-27-37(55-8)31(25-33(39)47-29-51)43(53)49-21-17-19-35(49)41(45(4,5)6)59-61(11)12/h24-27,34-35,40-41,60-61H,13-23H2,1-12H3/t34-,35?,40?,41?/m0/s1. The van der Waals surface area contributed by atoms with Crippen LogP contribution in [0.25, 0.3) is 0 Å². The molecule has 2 aromatic rings. The Labute approximate surface area is 365 Å². The van der Waals surface area contributed by atoms with Crippen molar-refractivity contribution in [3.8, 4) is 23.0 Å². The van der Waals surface area contributed by atoms with E-state index in [1.54, 1.807) is 24.3 Å². The van der Waals surface area contributed by atoms with E-state index in [0.717, 1.165) is 25.7 Å². The Hall–Kier alpha value is -4.31. The number of isocyanates is 2. The Bertz CT molecular complexity index is 1780. The highest BCUT2D eigenvalue weighted by Crippen LogP contribution is 2.41. The maximum Gasteiger partial charge on any atom is 0.258 e. The van der Waals surface area contributed by atoms with Crippen LogP contribution in [0.1, 0.15) is 107 Å². The van der Waals surface area contributed by atoms with Crippen LogP contribution in [0.3, 0.4) is 0 Å². The van der Waals surface area contributed by atoms with Crippen molar-refractivity contribution in [1.82, 2.24) is 9.80 Å². The van der Waals surface area contributed by atoms with Crippen LogP contribution in [0.4, 0.5) is 11.4 Å². The number of hydrogen-bond acceptors (Lipinski definition) is 12. The summed E-state index contributed by atoms with van der Waals surface area (Å²) in [6, 6.07) is 6.09. The molecule has 2 aliphatic rings. The summed E-state index contributed by atoms with van der Waals surface area (Å²) in [4.78, 5) is 62.8. The predicted molar refractivity (Wildman–Crippen MR) is 241 cm³/mol. The van der Waals surface area contributed by atoms with Gasteiger partial charge in [-0.25, -0.2) is 9.59 Å². The lowest BCUT2D eigenvalue weighted by Gasteiger charge is -2.40. The van der Waals surface area contributed by atoms with Crippen LogP contribution in [-0.4, -0.2) is 117 Å². The third-order valence-corrected chi connectivity index (χ3v) is 12.7. The summed E-state index contributed by atoms with van der Waals surface area (Å²) >= 11 is 0. The first-order valence-electron chi connectivity index (χ1n) is 21.6. The lowest BCUT2D eigenvalue weighted by Crippen LogP contribution is -2.50. The summed E-state index contributed by atoms with van der Waals surface area (Å²) in [7, 11) is 0.190. The van der Waals surface area contributed by atoms with Crippen LogP contribution in [-0.2, 0) is 18.4 Å². The first-order valence-corrected chi connectivity index (χ1v) is 27.2. The molecule has 3 unspecified atom stereocenters. The second kappa shape index (κ2) is 22.2. The van der Waals surface area contributed by atoms with Crippen molar-refractivity contribution in [2.24, 2.45) is 20.8 Å². The molecule has 336 valence electrons. The highest BCUT2D eigenvalue weighted by atomic mass is 28.3. The van der Waals surface area contributed by atoms with Gasteiger partial charge in [-0.1, -0.05) is 41.5 Å². The molecule has 0 radical (unpaired) electrons. The van der Waals surface area contributed by atoms with E-state index in [0.29, 0.717) is 79.7 Å². The number of methoxy groups -OCH3 is 2. The SMILES string of the molecule is COc1cc(OCCCCCOc2cc(OC)c(C(=O)N3CCC[C@H]3C(O[SiH](C)C)C(C)(C)C)cc2N=C=O)c(N=C=O)cc1C(=O)N1CCCC1C(O[SiH](C)C)C(C)(C)C. The number of nitrogens with zero attached hydrogens (tertiary/aromatic N) is 4. The average Bonchev–Trinajstić information content (AvgIpc) is 3.88. The molecule has 0 bridgehead atoms. The Balaban J connectivity index is 1.40. The Morgan fingerprint density at radius 1 is 0.656 bits per heavy atom. The molecule has 2 aromatic carbocycles. The van der Waals surface area contributed by atoms with Crippen molar-refractivity contribution in [2.45, 2.75) is 137 Å². The Morgan fingerprint density at radius 3 is 1.34 bits per heavy atom. The Morgan fingerprint density at radius 2 is 1.03 bits per heavy atom. The van der Waals surface area contributed by atoms with Gasteiger partial charge in [0.1, 0.15) is 34.4 Å². The minimum Gasteiger partial charge on any atom is -0.496 e. The topological polar surface area (TPSA) is 155 Å². The lowest BCUT2D eigenvalue weighted by molar-refractivity contribution is 0.0135. The molecule has 4 rings (SSSR count). The van der Waals surface area contributed by atoms with Crippen LogP contribution >= 0.6 is 0 Å². The zero-order valence-corrected chi connectivity index (χ0v) is 40.7. The monoisotopic (exact) mass is 880 g/mol. The third-order valence-electron chi connectivity index (χ3n) is 11.0. The van der Waals surface area contributed by atoms with E-state index in [2.05, 4.69) is 77.7 Å². The number of carbonyl (C=O) groups is 2. The van der Waals surface area contributed by atoms with E-state index in [-0.39, 0.29) is 58.3 Å². The largest absolute Gasteiger partial charge is 0.496 e. The van der Waals surface area contributed by atoms with E-state index in [9.17, 15) is 19.2 Å². The molecule has 16 heteroatoms. The molecule has 0 saturated carbocycles. The number of hydrogen-bond donors (Lipinski definition) is 0. The normalized spacial score (nSPS) is 17.8. The van der Waals surface area contributed by atoms with E-state index < -0.39 is 18.1 Å². The summed E-state index contributed by atoms with van der Waals surface area (Å²) in [5, 5.41) is 0. The number of benzene rings is 2. The number of likely N-dealkylation sites (tertiary alicyclic amines) is 2. The molecular weight excluding hydrogens is 813 g/mol. The predicted octanol–water partition coefficient (Wildman–Crippen LogP) is 8.31. The molecule has 2 heterocycles. The van der Waals surface area contributed by atoms with E-state index in [1.165, 1.54) is 26.4 Å². The van der Waals surface area contributed by atoms with Gasteiger partial charge in [0, 0.05) is 25.2 Å². The van der Waals surface area contributed by atoms with Crippen molar-refractivity contribution in [2.75, 3.05) is 40.5 Å². The molecule has 0 aliphatic carbocycles. The number of unbranched alkanes of at least 4 members (excludes halogenated alkanes) is 2. The van der Waals surface area contributed by atoms with Crippen LogP contribution in [0, 0.1) is 10.8 Å². The molecule has 2 fully saturated rings. The van der Waals surface area contributed by atoms with Crippen LogP contribution in [0.15, 0.2) is 34.3 Å². The van der Waals surface area contributed by atoms with Gasteiger partial charge in [-0.2, -0.15) is 9.98 Å². The summed E-state index contributed by atoms with van der Waals surface area (Å²) in [6.07, 6.45) is 8.33. The molecule has 4 atom stereocenters. The fraction of sp³-hybridized carbons (Fsp3) is 0.644. The fourth-order valence-corrected chi connectivity index (χ4v) is 10.7. The van der Waals surface area contributed by atoms with Crippen LogP contribution < -0.4 is 18.9 Å². The molecule has 61 heavy (non-hydrogen) atoms. The summed E-state index contributed by atoms with van der Waals surface area (Å²) < 4.78 is 36.5. The van der Waals surface area contributed by atoms with Gasteiger partial charge in [0.15, 0.2) is 18.1 Å². The molecule has 2 aliphatic heterocycles.